The Bertz CT molecular complexity index is 718. The lowest BCUT2D eigenvalue weighted by molar-refractivity contribution is -0.146. The normalized spacial score (nSPS) is 29.1. The summed E-state index contributed by atoms with van der Waals surface area (Å²) in [7, 11) is 0. The van der Waals surface area contributed by atoms with Gasteiger partial charge in [0.1, 0.15) is 5.60 Å². The van der Waals surface area contributed by atoms with E-state index in [4.69, 9.17) is 14.9 Å². The van der Waals surface area contributed by atoms with Crippen LogP contribution in [0.1, 0.15) is 70.6 Å². The lowest BCUT2D eigenvalue weighted by Gasteiger charge is -2.28. The van der Waals surface area contributed by atoms with Gasteiger partial charge in [0.05, 0.1) is 17.9 Å². The molecule has 0 radical (unpaired) electrons. The molecule has 0 aromatic rings. The number of carboxylic acids is 2. The third-order valence-electron chi connectivity index (χ3n) is 6.50. The quantitative estimate of drug-likeness (QED) is 0.251. The third kappa shape index (κ3) is 4.74. The molecule has 30 heavy (non-hydrogen) atoms. The zero-order valence-electron chi connectivity index (χ0n) is 17.3. The van der Waals surface area contributed by atoms with Crippen molar-refractivity contribution in [2.75, 3.05) is 6.54 Å². The highest BCUT2D eigenvalue weighted by Gasteiger charge is 2.67. The van der Waals surface area contributed by atoms with Crippen molar-refractivity contribution in [3.63, 3.8) is 0 Å². The minimum absolute atomic E-state index is 0.0991. The predicted octanol–water partition coefficient (Wildman–Crippen LogP) is 2.76. The fourth-order valence-electron chi connectivity index (χ4n) is 4.98. The van der Waals surface area contributed by atoms with Crippen LogP contribution in [-0.4, -0.2) is 57.1 Å². The minimum atomic E-state index is -0.949. The smallest absolute Gasteiger partial charge is 0.303 e. The van der Waals surface area contributed by atoms with Gasteiger partial charge in [-0.15, -0.1) is 0 Å². The number of carbonyl (C=O) groups excluding carboxylic acids is 2. The summed E-state index contributed by atoms with van der Waals surface area (Å²) in [5.74, 6) is -3.19. The molecule has 0 aromatic heterocycles. The molecule has 4 atom stereocenters. The Hall–Kier alpha value is -2.22. The monoisotopic (exact) mass is 421 g/mol. The van der Waals surface area contributed by atoms with E-state index >= 15 is 0 Å². The number of hydrogen-bond donors (Lipinski definition) is 2. The lowest BCUT2D eigenvalue weighted by Crippen LogP contribution is -2.41. The van der Waals surface area contributed by atoms with Gasteiger partial charge in [-0.05, 0) is 19.3 Å². The molecule has 4 unspecified atom stereocenters. The maximum absolute atomic E-state index is 13.0. The second-order valence-corrected chi connectivity index (χ2v) is 8.59. The van der Waals surface area contributed by atoms with E-state index in [1.54, 1.807) is 12.2 Å². The summed E-state index contributed by atoms with van der Waals surface area (Å²) in [5.41, 5.74) is -0.949. The summed E-state index contributed by atoms with van der Waals surface area (Å²) in [4.78, 5) is 48.6. The van der Waals surface area contributed by atoms with E-state index in [2.05, 4.69) is 0 Å². The van der Waals surface area contributed by atoms with Crippen LogP contribution in [0.15, 0.2) is 12.2 Å². The molecule has 0 saturated carbocycles. The summed E-state index contributed by atoms with van der Waals surface area (Å²) in [6, 6.07) is 0. The van der Waals surface area contributed by atoms with Crippen LogP contribution >= 0.6 is 0 Å². The highest BCUT2D eigenvalue weighted by atomic mass is 16.5. The Kier molecular flexibility index (Phi) is 7.28. The maximum Gasteiger partial charge on any atom is 0.303 e. The second kappa shape index (κ2) is 9.73. The van der Waals surface area contributed by atoms with Gasteiger partial charge >= 0.3 is 11.9 Å². The number of ether oxygens (including phenoxy) is 1. The number of carbonyl (C=O) groups is 4. The van der Waals surface area contributed by atoms with Crippen molar-refractivity contribution in [1.29, 1.82) is 0 Å². The van der Waals surface area contributed by atoms with Crippen LogP contribution < -0.4 is 0 Å². The first-order valence-electron chi connectivity index (χ1n) is 11.0. The molecule has 2 fully saturated rings. The second-order valence-electron chi connectivity index (χ2n) is 8.59. The van der Waals surface area contributed by atoms with Gasteiger partial charge in [0.2, 0.25) is 11.8 Å². The van der Waals surface area contributed by atoms with E-state index < -0.39 is 35.5 Å². The number of likely N-dealkylation sites (tertiary alicyclic amines) is 1. The largest absolute Gasteiger partial charge is 0.481 e. The Labute approximate surface area is 176 Å². The molecule has 3 aliphatic rings. The van der Waals surface area contributed by atoms with E-state index in [1.165, 1.54) is 4.90 Å². The zero-order valence-corrected chi connectivity index (χ0v) is 17.3. The first-order valence-corrected chi connectivity index (χ1v) is 11.0. The molecule has 8 nitrogen and oxygen atoms in total. The molecular formula is C22H31NO7. The van der Waals surface area contributed by atoms with Gasteiger partial charge < -0.3 is 14.9 Å². The topological polar surface area (TPSA) is 121 Å². The van der Waals surface area contributed by atoms with Gasteiger partial charge in [-0.1, -0.05) is 50.7 Å². The molecule has 3 heterocycles. The van der Waals surface area contributed by atoms with Crippen molar-refractivity contribution in [3.05, 3.63) is 12.2 Å². The van der Waals surface area contributed by atoms with Crippen molar-refractivity contribution >= 4 is 23.8 Å². The first-order chi connectivity index (χ1) is 14.4. The summed E-state index contributed by atoms with van der Waals surface area (Å²) in [5, 5.41) is 17.6. The molecule has 0 aliphatic carbocycles. The first kappa shape index (κ1) is 22.5. The summed E-state index contributed by atoms with van der Waals surface area (Å²) in [6.45, 7) is 0.408. The summed E-state index contributed by atoms with van der Waals surface area (Å²) >= 11 is 0. The SMILES string of the molecule is O=C(O)CCCCCCCCCCN1C(=O)C2C3C=CC(CCC(=O)O)(O3)C2C1=O. The molecule has 2 saturated heterocycles. The van der Waals surface area contributed by atoms with Crippen molar-refractivity contribution in [2.45, 2.75) is 82.3 Å². The molecule has 2 N–H and O–H groups in total. The van der Waals surface area contributed by atoms with E-state index in [0.29, 0.717) is 6.54 Å². The molecule has 2 amide bonds. The molecule has 3 aliphatic heterocycles. The highest BCUT2D eigenvalue weighted by molar-refractivity contribution is 6.07. The van der Waals surface area contributed by atoms with Crippen LogP contribution in [-0.2, 0) is 23.9 Å². The van der Waals surface area contributed by atoms with Crippen LogP contribution in [0.5, 0.6) is 0 Å². The van der Waals surface area contributed by atoms with Gasteiger partial charge in [0, 0.05) is 19.4 Å². The van der Waals surface area contributed by atoms with Crippen LogP contribution in [0, 0.1) is 11.8 Å². The number of rotatable bonds is 14. The molecule has 166 valence electrons. The van der Waals surface area contributed by atoms with Crippen molar-refractivity contribution in [2.24, 2.45) is 11.8 Å². The molecule has 2 bridgehead atoms. The van der Waals surface area contributed by atoms with E-state index in [9.17, 15) is 19.2 Å². The fraction of sp³-hybridized carbons (Fsp3) is 0.727. The molecule has 3 rings (SSSR count). The van der Waals surface area contributed by atoms with Crippen molar-refractivity contribution in [1.82, 2.24) is 4.90 Å². The number of aliphatic carboxylic acids is 2. The average molecular weight is 421 g/mol. The van der Waals surface area contributed by atoms with Gasteiger partial charge in [-0.2, -0.15) is 0 Å². The fourth-order valence-corrected chi connectivity index (χ4v) is 4.98. The molecule has 0 aromatic carbocycles. The zero-order chi connectivity index (χ0) is 21.7. The maximum atomic E-state index is 13.0. The molecule has 8 heteroatoms. The van der Waals surface area contributed by atoms with Crippen molar-refractivity contribution < 1.29 is 34.1 Å². The average Bonchev–Trinajstić information content (AvgIpc) is 3.33. The van der Waals surface area contributed by atoms with Crippen molar-refractivity contribution in [3.8, 4) is 0 Å². The molecule has 0 spiro atoms. The Morgan fingerprint density at radius 2 is 1.50 bits per heavy atom. The lowest BCUT2D eigenvalue weighted by atomic mass is 9.75. The van der Waals surface area contributed by atoms with E-state index in [-0.39, 0.29) is 31.1 Å². The number of hydrogen-bond acceptors (Lipinski definition) is 5. The van der Waals surface area contributed by atoms with Crippen LogP contribution in [0.3, 0.4) is 0 Å². The summed E-state index contributed by atoms with van der Waals surface area (Å²) < 4.78 is 5.90. The van der Waals surface area contributed by atoms with Crippen LogP contribution in [0.4, 0.5) is 0 Å². The van der Waals surface area contributed by atoms with Gasteiger partial charge in [-0.3, -0.25) is 24.1 Å². The molecular weight excluding hydrogens is 390 g/mol. The minimum Gasteiger partial charge on any atom is -0.481 e. The number of unbranched alkanes of at least 4 members (excludes halogenated alkanes) is 7. The highest BCUT2D eigenvalue weighted by Crippen LogP contribution is 2.53. The Balaban J connectivity index is 1.38. The standard InChI is InChI=1S/C22H31NO7/c24-16(25)9-7-5-3-1-2-4-6-8-14-23-20(28)18-15-10-12-22(30-15,13-11-17(26)27)19(18)21(23)29/h10,12,15,18-19H,1-9,11,13-14H2,(H,24,25)(H,26,27). The van der Waals surface area contributed by atoms with Crippen LogP contribution in [0.2, 0.25) is 0 Å². The number of fused-ring (bicyclic) bond motifs is 5. The number of imide groups is 1. The Morgan fingerprint density at radius 3 is 2.13 bits per heavy atom. The number of carboxylic acid groups (broad SMARTS) is 2. The van der Waals surface area contributed by atoms with E-state index in [0.717, 1.165) is 51.4 Å². The van der Waals surface area contributed by atoms with Gasteiger partial charge in [0.15, 0.2) is 0 Å². The van der Waals surface area contributed by atoms with Gasteiger partial charge in [-0.25, -0.2) is 0 Å². The summed E-state index contributed by atoms with van der Waals surface area (Å²) in [6.07, 6.45) is 11.1. The predicted molar refractivity (Wildman–Crippen MR) is 107 cm³/mol. The Morgan fingerprint density at radius 1 is 0.900 bits per heavy atom. The number of amides is 2. The van der Waals surface area contributed by atoms with Gasteiger partial charge in [0.25, 0.3) is 0 Å². The van der Waals surface area contributed by atoms with E-state index in [1.807, 2.05) is 0 Å². The van der Waals surface area contributed by atoms with Crippen LogP contribution in [0.25, 0.3) is 0 Å². The third-order valence-corrected chi connectivity index (χ3v) is 6.50. The number of nitrogens with zero attached hydrogens (tertiary/aromatic N) is 1.